The highest BCUT2D eigenvalue weighted by Crippen LogP contribution is 2.45. The second kappa shape index (κ2) is 8.89. The fourth-order valence-electron chi connectivity index (χ4n) is 3.59. The number of rotatable bonds is 7. The molecule has 8 nitrogen and oxygen atoms in total. The van der Waals surface area contributed by atoms with Gasteiger partial charge in [0.05, 0.1) is 32.2 Å². The SMILES string of the molecule is CCOc1ccccc1NC(=O)C1=C(C)c2cc(OC)c(OC)cc2N(CC)S1(=O)=O. The van der Waals surface area contributed by atoms with Crippen LogP contribution in [-0.2, 0) is 14.8 Å². The van der Waals surface area contributed by atoms with E-state index >= 15 is 0 Å². The van der Waals surface area contributed by atoms with E-state index in [0.717, 1.165) is 0 Å². The predicted octanol–water partition coefficient (Wildman–Crippen LogP) is 3.64. The molecule has 0 bridgehead atoms. The van der Waals surface area contributed by atoms with Crippen molar-refractivity contribution in [3.8, 4) is 17.2 Å². The first-order valence-electron chi connectivity index (χ1n) is 9.83. The number of ether oxygens (including phenoxy) is 3. The number of allylic oxidation sites excluding steroid dienone is 1. The molecule has 0 fully saturated rings. The van der Waals surface area contributed by atoms with E-state index in [4.69, 9.17) is 14.2 Å². The van der Waals surface area contributed by atoms with Crippen LogP contribution in [0.4, 0.5) is 11.4 Å². The number of fused-ring (bicyclic) bond motifs is 1. The fourth-order valence-corrected chi connectivity index (χ4v) is 5.34. The molecule has 0 unspecified atom stereocenters. The number of methoxy groups -OCH3 is 2. The summed E-state index contributed by atoms with van der Waals surface area (Å²) in [5, 5.41) is 2.69. The number of carbonyl (C=O) groups excluding carboxylic acids is 1. The Labute approximate surface area is 182 Å². The lowest BCUT2D eigenvalue weighted by atomic mass is 10.0. The maximum atomic E-state index is 13.4. The molecule has 1 amide bonds. The molecule has 0 saturated heterocycles. The molecule has 0 aromatic heterocycles. The molecule has 0 radical (unpaired) electrons. The van der Waals surface area contributed by atoms with Crippen molar-refractivity contribution in [2.45, 2.75) is 20.8 Å². The first kappa shape index (κ1) is 22.5. The van der Waals surface area contributed by atoms with Gasteiger partial charge in [0.25, 0.3) is 15.9 Å². The van der Waals surface area contributed by atoms with Crippen LogP contribution >= 0.6 is 0 Å². The van der Waals surface area contributed by atoms with Crippen molar-refractivity contribution in [2.75, 3.05) is 37.0 Å². The topological polar surface area (TPSA) is 94.2 Å². The maximum absolute atomic E-state index is 13.4. The summed E-state index contributed by atoms with van der Waals surface area (Å²) in [5.41, 5.74) is 1.74. The summed E-state index contributed by atoms with van der Waals surface area (Å²) >= 11 is 0. The van der Waals surface area contributed by atoms with Gasteiger partial charge in [0.2, 0.25) is 0 Å². The van der Waals surface area contributed by atoms with Crippen LogP contribution in [0.15, 0.2) is 41.3 Å². The Morgan fingerprint density at radius 3 is 2.29 bits per heavy atom. The highest BCUT2D eigenvalue weighted by Gasteiger charge is 2.39. The zero-order chi connectivity index (χ0) is 22.8. The predicted molar refractivity (Wildman–Crippen MR) is 120 cm³/mol. The number of para-hydroxylation sites is 2. The molecule has 2 aromatic carbocycles. The molecule has 1 aliphatic heterocycles. The average Bonchev–Trinajstić information content (AvgIpc) is 2.74. The van der Waals surface area contributed by atoms with Crippen molar-refractivity contribution < 1.29 is 27.4 Å². The Bertz CT molecular complexity index is 1140. The number of hydrogen-bond acceptors (Lipinski definition) is 6. The third-order valence-corrected chi connectivity index (χ3v) is 7.03. The zero-order valence-corrected chi connectivity index (χ0v) is 19.0. The Kier molecular flexibility index (Phi) is 6.45. The van der Waals surface area contributed by atoms with Gasteiger partial charge in [0, 0.05) is 18.2 Å². The van der Waals surface area contributed by atoms with Crippen molar-refractivity contribution in [1.29, 1.82) is 0 Å². The number of benzene rings is 2. The third-order valence-electron chi connectivity index (χ3n) is 4.99. The van der Waals surface area contributed by atoms with E-state index in [0.29, 0.717) is 46.4 Å². The maximum Gasteiger partial charge on any atom is 0.270 e. The number of carbonyl (C=O) groups is 1. The van der Waals surface area contributed by atoms with E-state index < -0.39 is 15.9 Å². The first-order valence-corrected chi connectivity index (χ1v) is 11.3. The van der Waals surface area contributed by atoms with Crippen molar-refractivity contribution in [3.63, 3.8) is 0 Å². The van der Waals surface area contributed by atoms with Crippen LogP contribution in [0.25, 0.3) is 5.57 Å². The van der Waals surface area contributed by atoms with Crippen LogP contribution < -0.4 is 23.8 Å². The van der Waals surface area contributed by atoms with E-state index in [1.807, 2.05) is 6.92 Å². The Morgan fingerprint density at radius 1 is 1.03 bits per heavy atom. The minimum atomic E-state index is -4.10. The van der Waals surface area contributed by atoms with Crippen molar-refractivity contribution >= 4 is 32.9 Å². The molecule has 0 aliphatic carbocycles. The summed E-state index contributed by atoms with van der Waals surface area (Å²) in [6.45, 7) is 5.70. The average molecular weight is 447 g/mol. The molecule has 0 atom stereocenters. The summed E-state index contributed by atoms with van der Waals surface area (Å²) in [7, 11) is -1.12. The van der Waals surface area contributed by atoms with Crippen LogP contribution in [0, 0.1) is 0 Å². The lowest BCUT2D eigenvalue weighted by Gasteiger charge is -2.32. The molecule has 0 saturated carbocycles. The molecule has 1 N–H and O–H groups in total. The Hall–Kier alpha value is -3.20. The summed E-state index contributed by atoms with van der Waals surface area (Å²) in [6, 6.07) is 10.2. The van der Waals surface area contributed by atoms with Gasteiger partial charge in [-0.2, -0.15) is 0 Å². The minimum Gasteiger partial charge on any atom is -0.493 e. The molecule has 31 heavy (non-hydrogen) atoms. The van der Waals surface area contributed by atoms with Gasteiger partial charge in [-0.25, -0.2) is 8.42 Å². The number of hydrogen-bond donors (Lipinski definition) is 1. The first-order chi connectivity index (χ1) is 14.8. The fraction of sp³-hybridized carbons (Fsp3) is 0.318. The molecule has 166 valence electrons. The van der Waals surface area contributed by atoms with Crippen LogP contribution in [0.1, 0.15) is 26.3 Å². The van der Waals surface area contributed by atoms with Crippen LogP contribution in [0.3, 0.4) is 0 Å². The van der Waals surface area contributed by atoms with Gasteiger partial charge >= 0.3 is 0 Å². The molecular formula is C22H26N2O6S. The number of nitrogens with zero attached hydrogens (tertiary/aromatic N) is 1. The normalized spacial score (nSPS) is 14.7. The van der Waals surface area contributed by atoms with Crippen molar-refractivity contribution in [1.82, 2.24) is 0 Å². The number of sulfonamides is 1. The van der Waals surface area contributed by atoms with Crippen LogP contribution in [-0.4, -0.2) is 41.7 Å². The highest BCUT2D eigenvalue weighted by molar-refractivity contribution is 7.97. The van der Waals surface area contributed by atoms with Gasteiger partial charge in [-0.15, -0.1) is 0 Å². The largest absolute Gasteiger partial charge is 0.493 e. The lowest BCUT2D eigenvalue weighted by molar-refractivity contribution is -0.112. The Balaban J connectivity index is 2.16. The summed E-state index contributed by atoms with van der Waals surface area (Å²) in [6.07, 6.45) is 0. The summed E-state index contributed by atoms with van der Waals surface area (Å²) < 4.78 is 44.3. The molecule has 9 heteroatoms. The van der Waals surface area contributed by atoms with E-state index in [-0.39, 0.29) is 11.4 Å². The second-order valence-corrected chi connectivity index (χ2v) is 8.53. The van der Waals surface area contributed by atoms with Crippen LogP contribution in [0.2, 0.25) is 0 Å². The molecule has 3 rings (SSSR count). The minimum absolute atomic E-state index is 0.143. The quantitative estimate of drug-likeness (QED) is 0.698. The monoisotopic (exact) mass is 446 g/mol. The summed E-state index contributed by atoms with van der Waals surface area (Å²) in [4.78, 5) is 12.9. The van der Waals surface area contributed by atoms with Crippen molar-refractivity contribution in [2.24, 2.45) is 0 Å². The van der Waals surface area contributed by atoms with Gasteiger partial charge < -0.3 is 19.5 Å². The van der Waals surface area contributed by atoms with E-state index in [9.17, 15) is 13.2 Å². The van der Waals surface area contributed by atoms with E-state index in [1.165, 1.54) is 18.5 Å². The molecule has 1 aliphatic rings. The van der Waals surface area contributed by atoms with Gasteiger partial charge in [-0.3, -0.25) is 9.10 Å². The molecule has 0 spiro atoms. The van der Waals surface area contributed by atoms with E-state index in [2.05, 4.69) is 5.32 Å². The van der Waals surface area contributed by atoms with Gasteiger partial charge in [-0.1, -0.05) is 12.1 Å². The third kappa shape index (κ3) is 3.93. The van der Waals surface area contributed by atoms with Crippen LogP contribution in [0.5, 0.6) is 17.2 Å². The lowest BCUT2D eigenvalue weighted by Crippen LogP contribution is -2.39. The van der Waals surface area contributed by atoms with Gasteiger partial charge in [0.15, 0.2) is 16.4 Å². The number of anilines is 2. The summed E-state index contributed by atoms with van der Waals surface area (Å²) in [5.74, 6) is 0.575. The number of nitrogens with one attached hydrogen (secondary N) is 1. The van der Waals surface area contributed by atoms with Gasteiger partial charge in [0.1, 0.15) is 5.75 Å². The molecule has 1 heterocycles. The van der Waals surface area contributed by atoms with E-state index in [1.54, 1.807) is 50.2 Å². The highest BCUT2D eigenvalue weighted by atomic mass is 32.2. The second-order valence-electron chi connectivity index (χ2n) is 6.73. The standard InChI is InChI=1S/C22H26N2O6S/c1-6-24-17-13-20(29-5)19(28-4)12-15(17)14(3)21(31(24,26)27)22(25)23-16-10-8-9-11-18(16)30-7-2/h8-13H,6-7H2,1-5H3,(H,23,25). The smallest absolute Gasteiger partial charge is 0.270 e. The van der Waals surface area contributed by atoms with Crippen molar-refractivity contribution in [3.05, 3.63) is 46.9 Å². The number of amides is 1. The molecule has 2 aromatic rings. The Morgan fingerprint density at radius 2 is 1.68 bits per heavy atom. The molecular weight excluding hydrogens is 420 g/mol. The van der Waals surface area contributed by atoms with Gasteiger partial charge in [-0.05, 0) is 44.5 Å². The zero-order valence-electron chi connectivity index (χ0n) is 18.2.